The van der Waals surface area contributed by atoms with Crippen molar-refractivity contribution < 1.29 is 24.5 Å². The van der Waals surface area contributed by atoms with Gasteiger partial charge in [-0.2, -0.15) is 23.5 Å². The molecule has 9 heteroatoms. The Balaban J connectivity index is 2.09. The molecule has 122 valence electrons. The second-order valence-corrected chi connectivity index (χ2v) is 7.07. The van der Waals surface area contributed by atoms with Gasteiger partial charge in [0.2, 0.25) is 0 Å². The summed E-state index contributed by atoms with van der Waals surface area (Å²) >= 11 is 2.97. The smallest absolute Gasteiger partial charge is 0.321 e. The predicted molar refractivity (Wildman–Crippen MR) is 83.8 cm³/mol. The van der Waals surface area contributed by atoms with E-state index in [2.05, 4.69) is 0 Å². The van der Waals surface area contributed by atoms with Crippen LogP contribution in [0, 0.1) is 0 Å². The lowest BCUT2D eigenvalue weighted by molar-refractivity contribution is -0.138. The summed E-state index contributed by atoms with van der Waals surface area (Å²) in [7, 11) is 0. The van der Waals surface area contributed by atoms with E-state index in [4.69, 9.17) is 26.4 Å². The molecule has 0 spiro atoms. The van der Waals surface area contributed by atoms with Crippen LogP contribution < -0.4 is 11.5 Å². The molecule has 0 bridgehead atoms. The van der Waals surface area contributed by atoms with E-state index in [1.165, 1.54) is 23.5 Å². The first kappa shape index (κ1) is 18.6. The Morgan fingerprint density at radius 1 is 1.00 bits per heavy atom. The van der Waals surface area contributed by atoms with Crippen LogP contribution in [0.3, 0.4) is 0 Å². The van der Waals surface area contributed by atoms with Crippen LogP contribution in [0.15, 0.2) is 0 Å². The Hall–Kier alpha value is -0.480. The van der Waals surface area contributed by atoms with Crippen LogP contribution in [0.1, 0.15) is 12.8 Å². The number of carboxylic acids is 2. The molecule has 0 unspecified atom stereocenters. The first-order valence-electron chi connectivity index (χ1n) is 6.68. The lowest BCUT2D eigenvalue weighted by Crippen LogP contribution is -2.33. The van der Waals surface area contributed by atoms with Gasteiger partial charge in [0.15, 0.2) is 0 Å². The first-order valence-corrected chi connectivity index (χ1v) is 8.98. The molecule has 0 aromatic carbocycles. The predicted octanol–water partition coefficient (Wildman–Crippen LogP) is -0.176. The summed E-state index contributed by atoms with van der Waals surface area (Å²) in [6.07, 6.45) is 2.11. The van der Waals surface area contributed by atoms with Crippen molar-refractivity contribution in [2.24, 2.45) is 11.5 Å². The topological polar surface area (TPSA) is 136 Å². The molecule has 0 aromatic heterocycles. The van der Waals surface area contributed by atoms with Gasteiger partial charge < -0.3 is 26.4 Å². The van der Waals surface area contributed by atoms with Gasteiger partial charge in [-0.3, -0.25) is 9.59 Å². The highest BCUT2D eigenvalue weighted by molar-refractivity contribution is 7.99. The van der Waals surface area contributed by atoms with Crippen LogP contribution in [0.2, 0.25) is 0 Å². The lowest BCUT2D eigenvalue weighted by Gasteiger charge is -2.14. The van der Waals surface area contributed by atoms with Crippen molar-refractivity contribution in [1.82, 2.24) is 0 Å². The summed E-state index contributed by atoms with van der Waals surface area (Å²) < 4.78 is 5.83. The number of thioether (sulfide) groups is 2. The van der Waals surface area contributed by atoms with Crippen LogP contribution in [0.4, 0.5) is 0 Å². The average Bonchev–Trinajstić information content (AvgIpc) is 2.86. The van der Waals surface area contributed by atoms with E-state index in [-0.39, 0.29) is 12.2 Å². The van der Waals surface area contributed by atoms with Crippen molar-refractivity contribution in [2.75, 3.05) is 23.0 Å². The molecule has 1 aliphatic heterocycles. The summed E-state index contributed by atoms with van der Waals surface area (Å²) in [5.74, 6) is 0.246. The summed E-state index contributed by atoms with van der Waals surface area (Å²) in [5, 5.41) is 17.3. The summed E-state index contributed by atoms with van der Waals surface area (Å²) in [6.45, 7) is 0. The Bertz CT molecular complexity index is 327. The van der Waals surface area contributed by atoms with Gasteiger partial charge in [0.05, 0.1) is 12.2 Å². The summed E-state index contributed by atoms with van der Waals surface area (Å²) in [5.41, 5.74) is 10.8. The number of nitrogens with two attached hydrogens (primary N) is 2. The quantitative estimate of drug-likeness (QED) is 0.428. The fourth-order valence-electron chi connectivity index (χ4n) is 1.82. The van der Waals surface area contributed by atoms with E-state index in [0.29, 0.717) is 11.5 Å². The molecule has 0 amide bonds. The van der Waals surface area contributed by atoms with Crippen LogP contribution in [0.25, 0.3) is 0 Å². The lowest BCUT2D eigenvalue weighted by atomic mass is 10.2. The zero-order valence-electron chi connectivity index (χ0n) is 11.6. The molecule has 1 rings (SSSR count). The molecule has 0 aliphatic carbocycles. The minimum atomic E-state index is -0.987. The monoisotopic (exact) mass is 338 g/mol. The van der Waals surface area contributed by atoms with Gasteiger partial charge in [-0.15, -0.1) is 0 Å². The van der Waals surface area contributed by atoms with Crippen molar-refractivity contribution in [3.8, 4) is 0 Å². The van der Waals surface area contributed by atoms with Crippen LogP contribution in [-0.2, 0) is 14.3 Å². The number of carbonyl (C=O) groups is 2. The second kappa shape index (κ2) is 9.52. The van der Waals surface area contributed by atoms with E-state index < -0.39 is 24.0 Å². The van der Waals surface area contributed by atoms with E-state index in [1.54, 1.807) is 0 Å². The van der Waals surface area contributed by atoms with E-state index in [0.717, 1.165) is 24.3 Å². The van der Waals surface area contributed by atoms with Crippen LogP contribution >= 0.6 is 23.5 Å². The van der Waals surface area contributed by atoms with Crippen LogP contribution in [-0.4, -0.2) is 69.5 Å². The highest BCUT2D eigenvalue weighted by Gasteiger charge is 2.26. The van der Waals surface area contributed by atoms with Crippen molar-refractivity contribution in [2.45, 2.75) is 37.1 Å². The SMILES string of the molecule is N[C@@H](CSC[C@H]1CC[C@@H](CSC[C@H](N)C(=O)O)O1)C(=O)O. The first-order chi connectivity index (χ1) is 9.90. The molecular weight excluding hydrogens is 316 g/mol. The third-order valence-corrected chi connectivity index (χ3v) is 5.44. The largest absolute Gasteiger partial charge is 0.480 e. The van der Waals surface area contributed by atoms with Gasteiger partial charge in [-0.05, 0) is 12.8 Å². The average molecular weight is 338 g/mol. The molecule has 0 aromatic rings. The normalized spacial score (nSPS) is 24.7. The maximum absolute atomic E-state index is 10.6. The number of hydrogen-bond donors (Lipinski definition) is 4. The van der Waals surface area contributed by atoms with Crippen LogP contribution in [0.5, 0.6) is 0 Å². The fraction of sp³-hybridized carbons (Fsp3) is 0.833. The number of hydrogen-bond acceptors (Lipinski definition) is 7. The van der Waals surface area contributed by atoms with Crippen molar-refractivity contribution >= 4 is 35.5 Å². The minimum Gasteiger partial charge on any atom is -0.480 e. The molecule has 0 radical (unpaired) electrons. The van der Waals surface area contributed by atoms with Crippen molar-refractivity contribution in [3.63, 3.8) is 0 Å². The van der Waals surface area contributed by atoms with Crippen molar-refractivity contribution in [1.29, 1.82) is 0 Å². The maximum atomic E-state index is 10.6. The minimum absolute atomic E-state index is 0.120. The number of carboxylic acid groups (broad SMARTS) is 2. The molecule has 1 heterocycles. The van der Waals surface area contributed by atoms with E-state index >= 15 is 0 Å². The molecular formula is C12H22N2O5S2. The Morgan fingerprint density at radius 3 is 1.71 bits per heavy atom. The molecule has 1 fully saturated rings. The molecule has 1 saturated heterocycles. The summed E-state index contributed by atoms with van der Waals surface area (Å²) in [4.78, 5) is 21.2. The highest BCUT2D eigenvalue weighted by Crippen LogP contribution is 2.25. The van der Waals surface area contributed by atoms with E-state index in [1.807, 2.05) is 0 Å². The van der Waals surface area contributed by atoms with Gasteiger partial charge >= 0.3 is 11.9 Å². The zero-order chi connectivity index (χ0) is 15.8. The Kier molecular flexibility index (Phi) is 8.42. The van der Waals surface area contributed by atoms with Crippen molar-refractivity contribution in [3.05, 3.63) is 0 Å². The van der Waals surface area contributed by atoms with Gasteiger partial charge in [-0.25, -0.2) is 0 Å². The second-order valence-electron chi connectivity index (χ2n) is 4.92. The highest BCUT2D eigenvalue weighted by atomic mass is 32.2. The number of aliphatic carboxylic acids is 2. The zero-order valence-corrected chi connectivity index (χ0v) is 13.3. The van der Waals surface area contributed by atoms with E-state index in [9.17, 15) is 9.59 Å². The molecule has 21 heavy (non-hydrogen) atoms. The number of ether oxygens (including phenoxy) is 1. The molecule has 1 aliphatic rings. The third-order valence-electron chi connectivity index (χ3n) is 3.03. The van der Waals surface area contributed by atoms with Gasteiger partial charge in [-0.1, -0.05) is 0 Å². The molecule has 7 nitrogen and oxygen atoms in total. The Labute approximate surface area is 132 Å². The Morgan fingerprint density at radius 2 is 1.38 bits per heavy atom. The molecule has 0 saturated carbocycles. The van der Waals surface area contributed by atoms with Gasteiger partial charge in [0, 0.05) is 23.0 Å². The maximum Gasteiger partial charge on any atom is 0.321 e. The van der Waals surface area contributed by atoms with Gasteiger partial charge in [0.25, 0.3) is 0 Å². The summed E-state index contributed by atoms with van der Waals surface area (Å²) in [6, 6.07) is -1.67. The molecule has 4 atom stereocenters. The third kappa shape index (κ3) is 7.37. The van der Waals surface area contributed by atoms with Gasteiger partial charge in [0.1, 0.15) is 12.1 Å². The molecule has 6 N–H and O–H groups in total. The standard InChI is InChI=1S/C12H22N2O5S2/c13-9(11(15)16)5-20-3-7-1-2-8(19-7)4-21-6-10(14)12(17)18/h7-10H,1-6,13-14H2,(H,15,16)(H,17,18)/t7-,8+,9-,10-/m0/s1. The number of rotatable bonds is 10. The fourth-order valence-corrected chi connectivity index (χ4v) is 3.90.